The molecule has 0 radical (unpaired) electrons. The van der Waals surface area contributed by atoms with Crippen molar-refractivity contribution in [3.05, 3.63) is 29.8 Å². The number of benzene rings is 1. The number of Topliss-reactive ketones (excluding diaryl/α,β-unsaturated/α-hetero) is 1. The number of carbonyl (C=O) groups is 1. The second kappa shape index (κ2) is 6.89. The van der Waals surface area contributed by atoms with Crippen LogP contribution in [0.1, 0.15) is 55.8 Å². The van der Waals surface area contributed by atoms with Gasteiger partial charge in [0.2, 0.25) is 0 Å². The van der Waals surface area contributed by atoms with E-state index in [1.54, 1.807) is 0 Å². The van der Waals surface area contributed by atoms with Gasteiger partial charge in [0.15, 0.2) is 5.78 Å². The molecular formula is C17H25NO2. The van der Waals surface area contributed by atoms with E-state index in [0.717, 1.165) is 24.2 Å². The summed E-state index contributed by atoms with van der Waals surface area (Å²) in [6.07, 6.45) is 6.44. The lowest BCUT2D eigenvalue weighted by Crippen LogP contribution is -2.35. The van der Waals surface area contributed by atoms with Crippen molar-refractivity contribution in [1.82, 2.24) is 0 Å². The number of hydrogen-bond donors (Lipinski definition) is 1. The molecule has 20 heavy (non-hydrogen) atoms. The van der Waals surface area contributed by atoms with E-state index in [0.29, 0.717) is 19.6 Å². The zero-order chi connectivity index (χ0) is 14.4. The molecule has 1 aliphatic rings. The van der Waals surface area contributed by atoms with E-state index in [1.807, 2.05) is 31.2 Å². The van der Waals surface area contributed by atoms with Gasteiger partial charge in [-0.25, -0.2) is 0 Å². The van der Waals surface area contributed by atoms with Gasteiger partial charge in [-0.1, -0.05) is 19.3 Å². The number of ether oxygens (including phenoxy) is 1. The summed E-state index contributed by atoms with van der Waals surface area (Å²) in [5.41, 5.74) is 6.76. The van der Waals surface area contributed by atoms with Crippen LogP contribution in [0, 0.1) is 5.41 Å². The van der Waals surface area contributed by atoms with Crippen molar-refractivity contribution in [2.24, 2.45) is 11.1 Å². The lowest BCUT2D eigenvalue weighted by Gasteiger charge is -2.35. The van der Waals surface area contributed by atoms with Crippen LogP contribution in [-0.4, -0.2) is 18.9 Å². The standard InChI is InChI=1S/C17H25NO2/c1-2-20-15-8-6-14(7-9-15)16(19)12-17(13-18)10-4-3-5-11-17/h6-9H,2-5,10-13,18H2,1H3. The van der Waals surface area contributed by atoms with E-state index < -0.39 is 0 Å². The number of ketones is 1. The maximum absolute atomic E-state index is 12.4. The van der Waals surface area contributed by atoms with Crippen LogP contribution in [0.25, 0.3) is 0 Å². The Morgan fingerprint density at radius 3 is 2.40 bits per heavy atom. The van der Waals surface area contributed by atoms with Crippen molar-refractivity contribution in [2.75, 3.05) is 13.2 Å². The molecule has 0 heterocycles. The summed E-state index contributed by atoms with van der Waals surface area (Å²) in [6, 6.07) is 7.46. The molecule has 0 bridgehead atoms. The minimum absolute atomic E-state index is 0.0356. The van der Waals surface area contributed by atoms with Crippen LogP contribution < -0.4 is 10.5 Å². The average molecular weight is 275 g/mol. The van der Waals surface area contributed by atoms with Crippen LogP contribution >= 0.6 is 0 Å². The Labute approximate surface area is 121 Å². The topological polar surface area (TPSA) is 52.3 Å². The zero-order valence-electron chi connectivity index (χ0n) is 12.4. The maximum atomic E-state index is 12.4. The molecule has 0 aromatic heterocycles. The summed E-state index contributed by atoms with van der Waals surface area (Å²) < 4.78 is 5.40. The van der Waals surface area contributed by atoms with E-state index >= 15 is 0 Å². The molecule has 0 aliphatic heterocycles. The molecule has 0 unspecified atom stereocenters. The molecule has 0 saturated heterocycles. The first kappa shape index (κ1) is 15.0. The number of carbonyl (C=O) groups excluding carboxylic acids is 1. The smallest absolute Gasteiger partial charge is 0.163 e. The Morgan fingerprint density at radius 1 is 1.20 bits per heavy atom. The minimum atomic E-state index is 0.0356. The van der Waals surface area contributed by atoms with Gasteiger partial charge >= 0.3 is 0 Å². The average Bonchev–Trinajstić information content (AvgIpc) is 2.49. The summed E-state index contributed by atoms with van der Waals surface area (Å²) in [5, 5.41) is 0. The highest BCUT2D eigenvalue weighted by molar-refractivity contribution is 5.96. The number of rotatable bonds is 6. The van der Waals surface area contributed by atoms with Crippen LogP contribution in [0.15, 0.2) is 24.3 Å². The predicted molar refractivity (Wildman–Crippen MR) is 81.1 cm³/mol. The van der Waals surface area contributed by atoms with Crippen molar-refractivity contribution >= 4 is 5.78 Å². The van der Waals surface area contributed by atoms with Crippen molar-refractivity contribution in [3.8, 4) is 5.75 Å². The highest BCUT2D eigenvalue weighted by atomic mass is 16.5. The highest BCUT2D eigenvalue weighted by Crippen LogP contribution is 2.39. The fraction of sp³-hybridized carbons (Fsp3) is 0.588. The summed E-state index contributed by atoms with van der Waals surface area (Å²) >= 11 is 0. The highest BCUT2D eigenvalue weighted by Gasteiger charge is 2.33. The van der Waals surface area contributed by atoms with Crippen LogP contribution in [0.3, 0.4) is 0 Å². The van der Waals surface area contributed by atoms with Crippen molar-refractivity contribution in [1.29, 1.82) is 0 Å². The first-order valence-corrected chi connectivity index (χ1v) is 7.65. The Morgan fingerprint density at radius 2 is 1.85 bits per heavy atom. The molecule has 0 spiro atoms. The van der Waals surface area contributed by atoms with Gasteiger partial charge in [-0.3, -0.25) is 4.79 Å². The van der Waals surface area contributed by atoms with E-state index in [2.05, 4.69) is 0 Å². The summed E-state index contributed by atoms with van der Waals surface area (Å²) in [7, 11) is 0. The lowest BCUT2D eigenvalue weighted by atomic mass is 9.70. The van der Waals surface area contributed by atoms with Gasteiger partial charge in [-0.2, -0.15) is 0 Å². The molecule has 0 atom stereocenters. The molecule has 1 aliphatic carbocycles. The van der Waals surface area contributed by atoms with E-state index in [9.17, 15) is 4.79 Å². The second-order valence-electron chi connectivity index (χ2n) is 5.82. The molecule has 0 amide bonds. The molecule has 1 saturated carbocycles. The normalized spacial score (nSPS) is 17.7. The predicted octanol–water partition coefficient (Wildman–Crippen LogP) is 3.57. The van der Waals surface area contributed by atoms with E-state index in [4.69, 9.17) is 10.5 Å². The molecular weight excluding hydrogens is 250 g/mol. The lowest BCUT2D eigenvalue weighted by molar-refractivity contribution is 0.0868. The zero-order valence-corrected chi connectivity index (χ0v) is 12.4. The van der Waals surface area contributed by atoms with Crippen LogP contribution in [0.4, 0.5) is 0 Å². The third-order valence-corrected chi connectivity index (χ3v) is 4.37. The fourth-order valence-electron chi connectivity index (χ4n) is 3.10. The Kier molecular flexibility index (Phi) is 5.18. The van der Waals surface area contributed by atoms with Gasteiger partial charge in [0.1, 0.15) is 5.75 Å². The van der Waals surface area contributed by atoms with Crippen molar-refractivity contribution < 1.29 is 9.53 Å². The SMILES string of the molecule is CCOc1ccc(C(=O)CC2(CN)CCCCC2)cc1. The van der Waals surface area contributed by atoms with Crippen molar-refractivity contribution in [2.45, 2.75) is 45.4 Å². The quantitative estimate of drug-likeness (QED) is 0.807. The molecule has 110 valence electrons. The molecule has 1 aromatic carbocycles. The Balaban J connectivity index is 2.03. The van der Waals surface area contributed by atoms with E-state index in [1.165, 1.54) is 19.3 Å². The Bertz CT molecular complexity index is 433. The monoisotopic (exact) mass is 275 g/mol. The van der Waals surface area contributed by atoms with Gasteiger partial charge in [-0.05, 0) is 56.0 Å². The second-order valence-corrected chi connectivity index (χ2v) is 5.82. The largest absolute Gasteiger partial charge is 0.494 e. The molecule has 3 nitrogen and oxygen atoms in total. The molecule has 1 fully saturated rings. The van der Waals surface area contributed by atoms with E-state index in [-0.39, 0.29) is 11.2 Å². The van der Waals surface area contributed by atoms with Gasteiger partial charge in [0.25, 0.3) is 0 Å². The number of nitrogens with two attached hydrogens (primary N) is 1. The third-order valence-electron chi connectivity index (χ3n) is 4.37. The first-order valence-electron chi connectivity index (χ1n) is 7.65. The van der Waals surface area contributed by atoms with Crippen LogP contribution in [-0.2, 0) is 0 Å². The van der Waals surface area contributed by atoms with Gasteiger partial charge < -0.3 is 10.5 Å². The van der Waals surface area contributed by atoms with Crippen LogP contribution in [0.2, 0.25) is 0 Å². The molecule has 3 heteroatoms. The Hall–Kier alpha value is -1.35. The number of hydrogen-bond acceptors (Lipinski definition) is 3. The molecule has 2 N–H and O–H groups in total. The van der Waals surface area contributed by atoms with Gasteiger partial charge in [0.05, 0.1) is 6.61 Å². The summed E-state index contributed by atoms with van der Waals surface area (Å²) in [4.78, 5) is 12.4. The first-order chi connectivity index (χ1) is 9.69. The van der Waals surface area contributed by atoms with Crippen molar-refractivity contribution in [3.63, 3.8) is 0 Å². The third kappa shape index (κ3) is 3.60. The summed E-state index contributed by atoms with van der Waals surface area (Å²) in [5.74, 6) is 1.02. The van der Waals surface area contributed by atoms with Crippen LogP contribution in [0.5, 0.6) is 5.75 Å². The fourth-order valence-corrected chi connectivity index (χ4v) is 3.10. The maximum Gasteiger partial charge on any atom is 0.163 e. The minimum Gasteiger partial charge on any atom is -0.494 e. The molecule has 1 aromatic rings. The van der Waals surface area contributed by atoms with Gasteiger partial charge in [-0.15, -0.1) is 0 Å². The summed E-state index contributed by atoms with van der Waals surface area (Å²) in [6.45, 7) is 3.21. The molecule has 2 rings (SSSR count). The van der Waals surface area contributed by atoms with Gasteiger partial charge in [0, 0.05) is 12.0 Å².